The minimum absolute atomic E-state index is 0.0362. The number of urea groups is 1. The van der Waals surface area contributed by atoms with Gasteiger partial charge in [-0.05, 0) is 48.7 Å². The third-order valence-corrected chi connectivity index (χ3v) is 5.05. The molecule has 8 heteroatoms. The first-order valence-electron chi connectivity index (χ1n) is 8.65. The first kappa shape index (κ1) is 20.4. The Labute approximate surface area is 159 Å². The molecule has 0 saturated heterocycles. The molecule has 0 atom stereocenters. The van der Waals surface area contributed by atoms with Gasteiger partial charge in [0.1, 0.15) is 6.29 Å². The largest absolute Gasteiger partial charge is 0.338 e. The minimum Gasteiger partial charge on any atom is -0.338 e. The van der Waals surface area contributed by atoms with E-state index in [2.05, 4.69) is 15.4 Å². The number of anilines is 2. The smallest absolute Gasteiger partial charge is 0.319 e. The zero-order valence-corrected chi connectivity index (χ0v) is 15.9. The molecule has 2 aromatic carbocycles. The number of sulfonamides is 1. The predicted molar refractivity (Wildman–Crippen MR) is 105 cm³/mol. The van der Waals surface area contributed by atoms with Gasteiger partial charge in [-0.3, -0.25) is 4.72 Å². The summed E-state index contributed by atoms with van der Waals surface area (Å²) in [5.74, 6) is 0. The third kappa shape index (κ3) is 6.41. The second kappa shape index (κ2) is 9.72. The summed E-state index contributed by atoms with van der Waals surface area (Å²) in [4.78, 5) is 22.3. The first-order valence-corrected chi connectivity index (χ1v) is 10.1. The fraction of sp³-hybridized carbons (Fsp3) is 0.263. The number of aldehydes is 1. The molecule has 0 aliphatic carbocycles. The lowest BCUT2D eigenvalue weighted by molar-refractivity contribution is -0.107. The minimum atomic E-state index is -3.82. The summed E-state index contributed by atoms with van der Waals surface area (Å²) < 4.78 is 27.8. The highest BCUT2D eigenvalue weighted by Gasteiger charge is 2.15. The summed E-state index contributed by atoms with van der Waals surface area (Å²) in [6.45, 7) is 2.47. The van der Waals surface area contributed by atoms with Gasteiger partial charge in [0, 0.05) is 24.3 Å². The lowest BCUT2D eigenvalue weighted by atomic mass is 10.1. The van der Waals surface area contributed by atoms with Crippen molar-refractivity contribution in [3.8, 4) is 0 Å². The average molecular weight is 389 g/mol. The van der Waals surface area contributed by atoms with Crippen LogP contribution in [0.5, 0.6) is 0 Å². The highest BCUT2D eigenvalue weighted by atomic mass is 32.2. The van der Waals surface area contributed by atoms with Gasteiger partial charge in [0.15, 0.2) is 0 Å². The van der Waals surface area contributed by atoms with E-state index in [0.29, 0.717) is 30.8 Å². The Morgan fingerprint density at radius 1 is 1.07 bits per heavy atom. The number of amides is 2. The molecular formula is C19H23N3O4S. The maximum Gasteiger partial charge on any atom is 0.319 e. The van der Waals surface area contributed by atoms with Gasteiger partial charge in [-0.25, -0.2) is 13.2 Å². The number of aryl methyl sites for hydroxylation is 1. The van der Waals surface area contributed by atoms with Crippen LogP contribution in [0.25, 0.3) is 0 Å². The molecule has 0 heterocycles. The summed E-state index contributed by atoms with van der Waals surface area (Å²) in [5.41, 5.74) is 1.66. The van der Waals surface area contributed by atoms with Crippen molar-refractivity contribution in [2.75, 3.05) is 16.6 Å². The van der Waals surface area contributed by atoms with Crippen molar-refractivity contribution >= 4 is 33.7 Å². The van der Waals surface area contributed by atoms with Crippen LogP contribution < -0.4 is 15.4 Å². The maximum absolute atomic E-state index is 12.6. The fourth-order valence-corrected chi connectivity index (χ4v) is 3.48. The Balaban J connectivity index is 2.13. The summed E-state index contributed by atoms with van der Waals surface area (Å²) >= 11 is 0. The van der Waals surface area contributed by atoms with Gasteiger partial charge in [0.25, 0.3) is 10.0 Å². The average Bonchev–Trinajstić information content (AvgIpc) is 2.65. The van der Waals surface area contributed by atoms with Gasteiger partial charge in [0.05, 0.1) is 4.90 Å². The normalized spacial score (nSPS) is 10.9. The molecule has 0 aromatic heterocycles. The highest BCUT2D eigenvalue weighted by Crippen LogP contribution is 2.20. The second-order valence-electron chi connectivity index (χ2n) is 5.92. The Kier molecular flexibility index (Phi) is 7.36. The molecule has 144 valence electrons. The molecule has 27 heavy (non-hydrogen) atoms. The van der Waals surface area contributed by atoms with Gasteiger partial charge in [-0.2, -0.15) is 0 Å². The number of hydrogen-bond donors (Lipinski definition) is 3. The number of nitrogens with one attached hydrogen (secondary N) is 3. The van der Waals surface area contributed by atoms with Crippen LogP contribution in [-0.4, -0.2) is 27.3 Å². The zero-order chi connectivity index (χ0) is 19.7. The molecule has 0 bridgehead atoms. The topological polar surface area (TPSA) is 104 Å². The highest BCUT2D eigenvalue weighted by molar-refractivity contribution is 7.92. The molecule has 0 saturated carbocycles. The Morgan fingerprint density at radius 2 is 1.81 bits per heavy atom. The van der Waals surface area contributed by atoms with Gasteiger partial charge in [0.2, 0.25) is 0 Å². The fourth-order valence-electron chi connectivity index (χ4n) is 2.38. The van der Waals surface area contributed by atoms with Crippen LogP contribution in [0, 0.1) is 0 Å². The molecule has 0 aliphatic heterocycles. The van der Waals surface area contributed by atoms with Crippen LogP contribution in [0.4, 0.5) is 16.2 Å². The summed E-state index contributed by atoms with van der Waals surface area (Å²) in [6, 6.07) is 12.5. The van der Waals surface area contributed by atoms with E-state index < -0.39 is 10.0 Å². The van der Waals surface area contributed by atoms with Crippen molar-refractivity contribution in [1.29, 1.82) is 0 Å². The molecule has 2 rings (SSSR count). The molecule has 7 nitrogen and oxygen atoms in total. The molecule has 0 fully saturated rings. The van der Waals surface area contributed by atoms with Crippen molar-refractivity contribution in [3.05, 3.63) is 54.1 Å². The number of benzene rings is 2. The number of hydrogen-bond acceptors (Lipinski definition) is 4. The van der Waals surface area contributed by atoms with Gasteiger partial charge >= 0.3 is 6.03 Å². The number of carbonyl (C=O) groups is 2. The molecule has 0 spiro atoms. The second-order valence-corrected chi connectivity index (χ2v) is 7.60. The van der Waals surface area contributed by atoms with E-state index in [-0.39, 0.29) is 10.9 Å². The Bertz CT molecular complexity index is 897. The van der Waals surface area contributed by atoms with Crippen molar-refractivity contribution < 1.29 is 18.0 Å². The van der Waals surface area contributed by atoms with Crippen molar-refractivity contribution in [1.82, 2.24) is 5.32 Å². The molecular weight excluding hydrogens is 366 g/mol. The summed E-state index contributed by atoms with van der Waals surface area (Å²) in [5, 5.41) is 5.27. The van der Waals surface area contributed by atoms with Crippen LogP contribution in [0.15, 0.2) is 53.4 Å². The summed E-state index contributed by atoms with van der Waals surface area (Å²) in [7, 11) is -3.82. The van der Waals surface area contributed by atoms with Crippen LogP contribution in [0.2, 0.25) is 0 Å². The lowest BCUT2D eigenvalue weighted by Gasteiger charge is -2.11. The quantitative estimate of drug-likeness (QED) is 0.573. The summed E-state index contributed by atoms with van der Waals surface area (Å²) in [6.07, 6.45) is 2.55. The number of rotatable bonds is 9. The molecule has 2 amide bonds. The number of carbonyl (C=O) groups excluding carboxylic acids is 2. The van der Waals surface area contributed by atoms with Crippen molar-refractivity contribution in [3.63, 3.8) is 0 Å². The van der Waals surface area contributed by atoms with Crippen molar-refractivity contribution in [2.45, 2.75) is 31.1 Å². The van der Waals surface area contributed by atoms with Gasteiger partial charge in [-0.15, -0.1) is 0 Å². The Hall–Kier alpha value is -2.87. The van der Waals surface area contributed by atoms with E-state index in [1.54, 1.807) is 30.3 Å². The van der Waals surface area contributed by atoms with Crippen LogP contribution in [-0.2, 0) is 21.2 Å². The maximum atomic E-state index is 12.6. The molecule has 3 N–H and O–H groups in total. The standard InChI is InChI=1S/C19H23N3O4S/c1-2-11-20-19(24)21-16-8-4-10-18(14-16)27(25,26)22-17-9-3-6-15(13-17)7-5-12-23/h3-4,6,8-10,12-14,22H,2,5,7,11H2,1H3,(H2,20,21,24). The van der Waals surface area contributed by atoms with E-state index in [9.17, 15) is 18.0 Å². The third-order valence-electron chi connectivity index (χ3n) is 3.67. The molecule has 2 aromatic rings. The SMILES string of the molecule is CCCNC(=O)Nc1cccc(S(=O)(=O)Nc2cccc(CCC=O)c2)c1. The monoisotopic (exact) mass is 389 g/mol. The van der Waals surface area contributed by atoms with E-state index >= 15 is 0 Å². The zero-order valence-electron chi connectivity index (χ0n) is 15.1. The lowest BCUT2D eigenvalue weighted by Crippen LogP contribution is -2.29. The van der Waals surface area contributed by atoms with Crippen LogP contribution in [0.1, 0.15) is 25.3 Å². The van der Waals surface area contributed by atoms with E-state index in [1.807, 2.05) is 13.0 Å². The van der Waals surface area contributed by atoms with Gasteiger partial charge in [-0.1, -0.05) is 25.1 Å². The van der Waals surface area contributed by atoms with Gasteiger partial charge < -0.3 is 15.4 Å². The van der Waals surface area contributed by atoms with Crippen LogP contribution in [0.3, 0.4) is 0 Å². The van der Waals surface area contributed by atoms with E-state index in [0.717, 1.165) is 18.3 Å². The first-order chi connectivity index (χ1) is 12.9. The Morgan fingerprint density at radius 3 is 2.56 bits per heavy atom. The van der Waals surface area contributed by atoms with Crippen molar-refractivity contribution in [2.24, 2.45) is 0 Å². The van der Waals surface area contributed by atoms with E-state index in [1.165, 1.54) is 12.1 Å². The predicted octanol–water partition coefficient (Wildman–Crippen LogP) is 3.15. The molecule has 0 aliphatic rings. The van der Waals surface area contributed by atoms with Crippen LogP contribution >= 0.6 is 0 Å². The molecule has 0 unspecified atom stereocenters. The molecule has 0 radical (unpaired) electrons. The van der Waals surface area contributed by atoms with E-state index in [4.69, 9.17) is 0 Å².